The van der Waals surface area contributed by atoms with Crippen molar-refractivity contribution in [3.63, 3.8) is 0 Å². The SMILES string of the molecule is N#C[C@@H]1C[C@H](F)CN1C(=O)CN(C(=O)OCc1ccccc1)C12CCC(C(=O)NC34CC5CC(CC(O)(C5)C3)C4)(CC1)CC2. The molecular formula is C34H43FN4O5. The number of halogens is 1. The molecular weight excluding hydrogens is 563 g/mol. The van der Waals surface area contributed by atoms with E-state index in [-0.39, 0.29) is 37.6 Å². The van der Waals surface area contributed by atoms with Crippen molar-refractivity contribution in [3.05, 3.63) is 35.9 Å². The fraction of sp³-hybridized carbons (Fsp3) is 0.706. The molecule has 8 fully saturated rings. The summed E-state index contributed by atoms with van der Waals surface area (Å²) in [5, 5.41) is 24.2. The number of hydrogen-bond acceptors (Lipinski definition) is 6. The van der Waals surface area contributed by atoms with Crippen molar-refractivity contribution in [3.8, 4) is 6.07 Å². The van der Waals surface area contributed by atoms with E-state index in [4.69, 9.17) is 4.74 Å². The van der Waals surface area contributed by atoms with Crippen molar-refractivity contribution in [2.24, 2.45) is 17.3 Å². The van der Waals surface area contributed by atoms with Gasteiger partial charge < -0.3 is 20.1 Å². The number of aliphatic hydroxyl groups is 1. The Morgan fingerprint density at radius 2 is 1.68 bits per heavy atom. The van der Waals surface area contributed by atoms with E-state index in [1.54, 1.807) is 0 Å². The van der Waals surface area contributed by atoms with Gasteiger partial charge in [-0.05, 0) is 94.4 Å². The number of rotatable bonds is 7. The van der Waals surface area contributed by atoms with Gasteiger partial charge in [-0.15, -0.1) is 0 Å². The number of nitrogens with one attached hydrogen (secondary N) is 1. The third-order valence-corrected chi connectivity index (χ3v) is 12.1. The van der Waals surface area contributed by atoms with Crippen LogP contribution in [-0.4, -0.2) is 74.8 Å². The van der Waals surface area contributed by atoms with Crippen LogP contribution in [0.3, 0.4) is 0 Å². The number of nitrogens with zero attached hydrogens (tertiary/aromatic N) is 3. The third kappa shape index (κ3) is 5.15. The fourth-order valence-electron chi connectivity index (χ4n) is 10.3. The number of nitriles is 1. The van der Waals surface area contributed by atoms with Crippen LogP contribution in [0.4, 0.5) is 9.18 Å². The monoisotopic (exact) mass is 606 g/mol. The number of hydrogen-bond donors (Lipinski definition) is 2. The van der Waals surface area contributed by atoms with Gasteiger partial charge in [0, 0.05) is 22.9 Å². The van der Waals surface area contributed by atoms with E-state index < -0.39 is 40.8 Å². The molecule has 2 N–H and O–H groups in total. The molecule has 10 heteroatoms. The molecule has 1 aromatic carbocycles. The predicted molar refractivity (Wildman–Crippen MR) is 157 cm³/mol. The molecule has 0 radical (unpaired) electrons. The summed E-state index contributed by atoms with van der Waals surface area (Å²) < 4.78 is 19.9. The van der Waals surface area contributed by atoms with Gasteiger partial charge in [0.2, 0.25) is 11.8 Å². The number of fused-ring (bicyclic) bond motifs is 3. The second-order valence-electron chi connectivity index (χ2n) is 15.1. The van der Waals surface area contributed by atoms with Crippen molar-refractivity contribution in [2.45, 2.75) is 119 Å². The summed E-state index contributed by atoms with van der Waals surface area (Å²) >= 11 is 0. The third-order valence-electron chi connectivity index (χ3n) is 12.1. The van der Waals surface area contributed by atoms with Crippen LogP contribution in [0.25, 0.3) is 0 Å². The first-order valence-electron chi connectivity index (χ1n) is 16.4. The Labute approximate surface area is 258 Å². The Kier molecular flexibility index (Phi) is 7.19. The lowest BCUT2D eigenvalue weighted by Crippen LogP contribution is -2.68. The quantitative estimate of drug-likeness (QED) is 0.475. The lowest BCUT2D eigenvalue weighted by molar-refractivity contribution is -0.162. The number of amides is 3. The van der Waals surface area contributed by atoms with Crippen LogP contribution < -0.4 is 5.32 Å². The molecule has 8 aliphatic rings. The first-order chi connectivity index (χ1) is 21.0. The Morgan fingerprint density at radius 3 is 2.30 bits per heavy atom. The summed E-state index contributed by atoms with van der Waals surface area (Å²) in [6.45, 7) is -0.388. The van der Waals surface area contributed by atoms with Crippen molar-refractivity contribution in [2.75, 3.05) is 13.1 Å². The molecule has 7 aliphatic carbocycles. The van der Waals surface area contributed by atoms with E-state index in [9.17, 15) is 29.1 Å². The van der Waals surface area contributed by atoms with E-state index in [0.29, 0.717) is 56.8 Å². The average Bonchev–Trinajstić information content (AvgIpc) is 3.39. The molecule has 1 aliphatic heterocycles. The van der Waals surface area contributed by atoms with E-state index in [0.717, 1.165) is 37.7 Å². The molecule has 7 saturated carbocycles. The van der Waals surface area contributed by atoms with Gasteiger partial charge in [0.05, 0.1) is 18.2 Å². The Morgan fingerprint density at radius 1 is 1.02 bits per heavy atom. The van der Waals surface area contributed by atoms with Crippen LogP contribution in [0, 0.1) is 28.6 Å². The maximum Gasteiger partial charge on any atom is 0.411 e. The average molecular weight is 607 g/mol. The number of alkyl halides is 1. The first-order valence-corrected chi connectivity index (χ1v) is 16.4. The molecule has 0 spiro atoms. The molecule has 44 heavy (non-hydrogen) atoms. The number of benzene rings is 1. The van der Waals surface area contributed by atoms with Gasteiger partial charge >= 0.3 is 6.09 Å². The summed E-state index contributed by atoms with van der Waals surface area (Å²) in [6, 6.07) is 10.5. The van der Waals surface area contributed by atoms with Crippen LogP contribution >= 0.6 is 0 Å². The Balaban J connectivity index is 1.07. The zero-order chi connectivity index (χ0) is 30.7. The maximum absolute atomic E-state index is 14.2. The number of ether oxygens (including phenoxy) is 1. The molecule has 236 valence electrons. The van der Waals surface area contributed by atoms with Gasteiger partial charge in [-0.3, -0.25) is 14.5 Å². The molecule has 6 bridgehead atoms. The van der Waals surface area contributed by atoms with Crippen molar-refractivity contribution >= 4 is 17.9 Å². The van der Waals surface area contributed by atoms with Crippen LogP contribution in [0.15, 0.2) is 30.3 Å². The van der Waals surface area contributed by atoms with Crippen molar-refractivity contribution in [1.29, 1.82) is 5.26 Å². The molecule has 1 aromatic rings. The van der Waals surface area contributed by atoms with Gasteiger partial charge in [-0.25, -0.2) is 9.18 Å². The highest BCUT2D eigenvalue weighted by atomic mass is 19.1. The Bertz CT molecular complexity index is 1320. The maximum atomic E-state index is 14.2. The van der Waals surface area contributed by atoms with Crippen molar-refractivity contribution < 1.29 is 28.6 Å². The molecule has 2 unspecified atom stereocenters. The second kappa shape index (κ2) is 10.7. The van der Waals surface area contributed by atoms with Gasteiger partial charge in [0.25, 0.3) is 0 Å². The standard InChI is InChI=1S/C34H43FN4O5/c35-26-13-27(18-36)38(19-26)28(40)20-39(30(42)44-21-23-4-2-1-3-5-23)33-9-6-31(7-10-33,8-11-33)29(41)37-32-14-24-12-25(15-32)17-34(43,16-24)22-32/h1-5,24-27,43H,6-17,19-22H2,(H,37,41)/t24?,25?,26-,27-,31?,32?,33?,34?/m0/s1. The van der Waals surface area contributed by atoms with Crippen LogP contribution in [-0.2, 0) is 20.9 Å². The van der Waals surface area contributed by atoms with E-state index in [1.807, 2.05) is 36.4 Å². The summed E-state index contributed by atoms with van der Waals surface area (Å²) in [4.78, 5) is 44.0. The lowest BCUT2D eigenvalue weighted by atomic mass is 9.50. The fourth-order valence-corrected chi connectivity index (χ4v) is 10.3. The molecule has 9 rings (SSSR count). The number of carbonyl (C=O) groups excluding carboxylic acids is 3. The highest BCUT2D eigenvalue weighted by molar-refractivity contribution is 5.85. The zero-order valence-electron chi connectivity index (χ0n) is 25.3. The second-order valence-corrected chi connectivity index (χ2v) is 15.1. The molecule has 1 heterocycles. The highest BCUT2D eigenvalue weighted by Gasteiger charge is 2.61. The minimum Gasteiger partial charge on any atom is -0.445 e. The smallest absolute Gasteiger partial charge is 0.411 e. The summed E-state index contributed by atoms with van der Waals surface area (Å²) in [5.74, 6) is 0.568. The van der Waals surface area contributed by atoms with E-state index >= 15 is 0 Å². The molecule has 0 aromatic heterocycles. The molecule has 1 saturated heterocycles. The molecule has 9 nitrogen and oxygen atoms in total. The summed E-state index contributed by atoms with van der Waals surface area (Å²) in [5.41, 5.74) is -1.33. The summed E-state index contributed by atoms with van der Waals surface area (Å²) in [6.07, 6.45) is 6.96. The van der Waals surface area contributed by atoms with Crippen LogP contribution in [0.5, 0.6) is 0 Å². The largest absolute Gasteiger partial charge is 0.445 e. The van der Waals surface area contributed by atoms with Crippen LogP contribution in [0.2, 0.25) is 0 Å². The van der Waals surface area contributed by atoms with Crippen molar-refractivity contribution in [1.82, 2.24) is 15.1 Å². The lowest BCUT2D eigenvalue weighted by Gasteiger charge is -2.61. The van der Waals surface area contributed by atoms with E-state index in [2.05, 4.69) is 5.32 Å². The molecule has 4 atom stereocenters. The number of likely N-dealkylation sites (tertiary alicyclic amines) is 1. The minimum absolute atomic E-state index is 0.0240. The zero-order valence-corrected chi connectivity index (χ0v) is 25.3. The minimum atomic E-state index is -1.27. The van der Waals surface area contributed by atoms with Gasteiger partial charge in [0.15, 0.2) is 0 Å². The first kappa shape index (κ1) is 29.5. The predicted octanol–water partition coefficient (Wildman–Crippen LogP) is 4.38. The van der Waals surface area contributed by atoms with Crippen LogP contribution in [0.1, 0.15) is 89.0 Å². The highest BCUT2D eigenvalue weighted by Crippen LogP contribution is 2.59. The van der Waals surface area contributed by atoms with Gasteiger partial charge in [0.1, 0.15) is 25.4 Å². The number of carbonyl (C=O) groups is 3. The normalized spacial score (nSPS) is 40.0. The van der Waals surface area contributed by atoms with Gasteiger partial charge in [-0.1, -0.05) is 30.3 Å². The topological polar surface area (TPSA) is 123 Å². The Hall–Kier alpha value is -3.19. The molecule has 3 amide bonds. The van der Waals surface area contributed by atoms with Gasteiger partial charge in [-0.2, -0.15) is 5.26 Å². The summed E-state index contributed by atoms with van der Waals surface area (Å²) in [7, 11) is 0. The van der Waals surface area contributed by atoms with E-state index in [1.165, 1.54) is 9.80 Å².